The summed E-state index contributed by atoms with van der Waals surface area (Å²) in [4.78, 5) is 7.21. The molecule has 0 saturated heterocycles. The molecule has 2 nitrogen and oxygen atoms in total. The van der Waals surface area contributed by atoms with Gasteiger partial charge < -0.3 is 0 Å². The zero-order chi connectivity index (χ0) is 5.98. The molecule has 0 unspecified atom stereocenters. The summed E-state index contributed by atoms with van der Waals surface area (Å²) in [5, 5.41) is 0. The summed E-state index contributed by atoms with van der Waals surface area (Å²) in [6, 6.07) is 1.68. The lowest BCUT2D eigenvalue weighted by Crippen LogP contribution is -1.72. The lowest BCUT2D eigenvalue weighted by atomic mass is 10.7. The number of hydrogen-bond donors (Lipinski definition) is 0. The number of aromatic nitrogens is 2. The van der Waals surface area contributed by atoms with E-state index in [1.165, 1.54) is 6.20 Å². The zero-order valence-electron chi connectivity index (χ0n) is 4.43. The normalized spacial score (nSPS) is 10.7. The quantitative estimate of drug-likeness (QED) is 0.533. The van der Waals surface area contributed by atoms with E-state index in [0.717, 1.165) is 0 Å². The molecule has 1 rings (SSSR count). The van der Waals surface area contributed by atoms with Crippen LogP contribution in [-0.4, -0.2) is 9.97 Å². The Hall–Kier alpha value is -0.440. The van der Waals surface area contributed by atoms with Gasteiger partial charge in [0.05, 0.1) is 0 Å². The molecule has 0 aromatic carbocycles. The van der Waals surface area contributed by atoms with Crippen molar-refractivity contribution in [2.75, 3.05) is 0 Å². The van der Waals surface area contributed by atoms with E-state index in [-0.39, 0.29) is 6.30 Å². The van der Waals surface area contributed by atoms with E-state index in [1.54, 1.807) is 6.07 Å². The molecule has 0 atom stereocenters. The van der Waals surface area contributed by atoms with Crippen molar-refractivity contribution in [3.63, 3.8) is 0 Å². The van der Waals surface area contributed by atoms with Crippen LogP contribution in [0.3, 0.4) is 0 Å². The van der Waals surface area contributed by atoms with Crippen LogP contribution in [0.1, 0.15) is 1.37 Å². The molecule has 36 valence electrons. The zero-order valence-corrected chi connectivity index (χ0v) is 5.01. The lowest BCUT2D eigenvalue weighted by molar-refractivity contribution is 1.14. The van der Waals surface area contributed by atoms with Crippen LogP contribution in [0.2, 0.25) is 0 Å². The van der Waals surface area contributed by atoms with Crippen LogP contribution in [0, 0.1) is 0 Å². The van der Waals surface area contributed by atoms with Crippen molar-refractivity contribution in [1.82, 2.24) is 9.97 Å². The van der Waals surface area contributed by atoms with Gasteiger partial charge >= 0.3 is 0 Å². The van der Waals surface area contributed by atoms with Gasteiger partial charge in [0.2, 0.25) is 0 Å². The third-order valence-corrected chi connectivity index (χ3v) is 0.943. The van der Waals surface area contributed by atoms with E-state index in [9.17, 15) is 0 Å². The van der Waals surface area contributed by atoms with Gasteiger partial charge in [0.25, 0.3) is 0 Å². The first-order chi connectivity index (χ1) is 3.79. The monoisotopic (exact) mass is 159 g/mol. The summed E-state index contributed by atoms with van der Waals surface area (Å²) in [6.45, 7) is 0. The smallest absolute Gasteiger partial charge is 0.116 e. The molecule has 0 amide bonds. The molecular formula is C4H3BrN2. The molecule has 0 fully saturated rings. The van der Waals surface area contributed by atoms with Crippen molar-refractivity contribution < 1.29 is 1.37 Å². The highest BCUT2D eigenvalue weighted by molar-refractivity contribution is 9.10. The molecule has 1 aromatic rings. The maximum absolute atomic E-state index is 6.88. The Morgan fingerprint density at radius 2 is 2.71 bits per heavy atom. The molecule has 0 aliphatic carbocycles. The van der Waals surface area contributed by atoms with Crippen molar-refractivity contribution in [2.45, 2.75) is 0 Å². The van der Waals surface area contributed by atoms with Gasteiger partial charge in [-0.1, -0.05) is 0 Å². The van der Waals surface area contributed by atoms with E-state index in [1.807, 2.05) is 0 Å². The van der Waals surface area contributed by atoms with Gasteiger partial charge in [0.1, 0.15) is 12.3 Å². The van der Waals surface area contributed by atoms with E-state index < -0.39 is 0 Å². The highest BCUT2D eigenvalue weighted by Crippen LogP contribution is 1.98. The minimum atomic E-state index is 0.0411. The molecule has 1 heterocycles. The fourth-order valence-corrected chi connectivity index (χ4v) is 0.444. The molecule has 0 bridgehead atoms. The van der Waals surface area contributed by atoms with Gasteiger partial charge in [-0.05, 0) is 22.0 Å². The summed E-state index contributed by atoms with van der Waals surface area (Å²) in [5.41, 5.74) is 0. The number of halogens is 1. The van der Waals surface area contributed by atoms with Gasteiger partial charge in [-0.3, -0.25) is 0 Å². The molecule has 0 aliphatic heterocycles. The third kappa shape index (κ3) is 1.23. The van der Waals surface area contributed by atoms with Crippen LogP contribution in [0.4, 0.5) is 0 Å². The maximum atomic E-state index is 6.88. The van der Waals surface area contributed by atoms with Crippen molar-refractivity contribution >= 4 is 15.9 Å². The largest absolute Gasteiger partial charge is 0.245 e. The maximum Gasteiger partial charge on any atom is 0.116 e. The second-order valence-corrected chi connectivity index (χ2v) is 1.79. The van der Waals surface area contributed by atoms with Gasteiger partial charge in [-0.15, -0.1) is 0 Å². The van der Waals surface area contributed by atoms with Crippen LogP contribution in [0.5, 0.6) is 0 Å². The second-order valence-electron chi connectivity index (χ2n) is 0.979. The van der Waals surface area contributed by atoms with E-state index in [2.05, 4.69) is 25.9 Å². The summed E-state index contributed by atoms with van der Waals surface area (Å²) in [5.74, 6) is 0. The van der Waals surface area contributed by atoms with Crippen molar-refractivity contribution in [1.29, 1.82) is 0 Å². The molecule has 1 aromatic heterocycles. The molecule has 0 aliphatic rings. The molecular weight excluding hydrogens is 156 g/mol. The summed E-state index contributed by atoms with van der Waals surface area (Å²) in [6.07, 6.45) is 1.57. The minimum absolute atomic E-state index is 0.0411. The Balaban J connectivity index is 3.08. The average molecular weight is 160 g/mol. The highest BCUT2D eigenvalue weighted by Gasteiger charge is 1.76. The molecule has 0 N–H and O–H groups in total. The predicted octanol–water partition coefficient (Wildman–Crippen LogP) is 1.24. The first-order valence-electron chi connectivity index (χ1n) is 2.24. The number of rotatable bonds is 0. The van der Waals surface area contributed by atoms with Gasteiger partial charge in [0, 0.05) is 6.20 Å². The number of hydrogen-bond acceptors (Lipinski definition) is 2. The standard InChI is InChI=1S/C4H3BrN2/c5-4-1-2-6-3-7-4/h1-3H/i3D. The average Bonchev–Trinajstić information content (AvgIpc) is 1.64. The third-order valence-electron chi connectivity index (χ3n) is 0.501. The van der Waals surface area contributed by atoms with Crippen molar-refractivity contribution in [3.8, 4) is 0 Å². The topological polar surface area (TPSA) is 25.8 Å². The molecule has 0 spiro atoms. The van der Waals surface area contributed by atoms with Gasteiger partial charge in [-0.25, -0.2) is 9.97 Å². The fourth-order valence-electron chi connectivity index (χ4n) is 0.246. The molecule has 3 heteroatoms. The Bertz CT molecular complexity index is 174. The van der Waals surface area contributed by atoms with Crippen LogP contribution < -0.4 is 0 Å². The van der Waals surface area contributed by atoms with Gasteiger partial charge in [-0.2, -0.15) is 0 Å². The SMILES string of the molecule is [2H]c1nccc(Br)n1. The summed E-state index contributed by atoms with van der Waals surface area (Å²) >= 11 is 3.09. The van der Waals surface area contributed by atoms with Crippen LogP contribution in [-0.2, 0) is 0 Å². The van der Waals surface area contributed by atoms with Crippen LogP contribution >= 0.6 is 15.9 Å². The summed E-state index contributed by atoms with van der Waals surface area (Å²) < 4.78 is 7.53. The lowest BCUT2D eigenvalue weighted by Gasteiger charge is -1.79. The van der Waals surface area contributed by atoms with Crippen LogP contribution in [0.25, 0.3) is 0 Å². The van der Waals surface area contributed by atoms with E-state index >= 15 is 0 Å². The Morgan fingerprint density at radius 1 is 1.86 bits per heavy atom. The van der Waals surface area contributed by atoms with Crippen molar-refractivity contribution in [3.05, 3.63) is 23.2 Å². The Kier molecular flexibility index (Phi) is 1.03. The first-order valence-corrected chi connectivity index (χ1v) is 2.53. The summed E-state index contributed by atoms with van der Waals surface area (Å²) in [7, 11) is 0. The fraction of sp³-hybridized carbons (Fsp3) is 0. The van der Waals surface area contributed by atoms with E-state index in [0.29, 0.717) is 4.60 Å². The Morgan fingerprint density at radius 3 is 3.14 bits per heavy atom. The Labute approximate surface area is 51.1 Å². The second kappa shape index (κ2) is 2.02. The minimum Gasteiger partial charge on any atom is -0.245 e. The van der Waals surface area contributed by atoms with Gasteiger partial charge in [0.15, 0.2) is 0 Å². The highest BCUT2D eigenvalue weighted by atomic mass is 79.9. The predicted molar refractivity (Wildman–Crippen MR) is 29.7 cm³/mol. The molecule has 0 radical (unpaired) electrons. The van der Waals surface area contributed by atoms with Crippen LogP contribution in [0.15, 0.2) is 23.2 Å². The van der Waals surface area contributed by atoms with Crippen molar-refractivity contribution in [2.24, 2.45) is 0 Å². The molecule has 7 heavy (non-hydrogen) atoms. The molecule has 0 saturated carbocycles. The van der Waals surface area contributed by atoms with E-state index in [4.69, 9.17) is 1.37 Å². The first kappa shape index (κ1) is 3.55. The number of nitrogens with zero attached hydrogens (tertiary/aromatic N) is 2.